The van der Waals surface area contributed by atoms with E-state index in [1.54, 1.807) is 0 Å². The zero-order valence-corrected chi connectivity index (χ0v) is 5.46. The molecule has 1 heterocycles. The van der Waals surface area contributed by atoms with Crippen molar-refractivity contribution in [2.75, 3.05) is 13.1 Å². The van der Waals surface area contributed by atoms with Gasteiger partial charge in [-0.15, -0.1) is 0 Å². The van der Waals surface area contributed by atoms with Crippen LogP contribution in [0.2, 0.25) is 0 Å². The van der Waals surface area contributed by atoms with Gasteiger partial charge in [0.05, 0.1) is 0 Å². The molecule has 1 saturated heterocycles. The number of likely N-dealkylation sites (tertiary alicyclic amines) is 1. The molecule has 0 saturated carbocycles. The second-order valence-corrected chi connectivity index (χ2v) is 2.48. The van der Waals surface area contributed by atoms with Crippen LogP contribution in [0.25, 0.3) is 0 Å². The number of rotatable bonds is 2. The Bertz CT molecular complexity index is 129. The van der Waals surface area contributed by atoms with Crippen molar-refractivity contribution in [1.29, 1.82) is 0 Å². The highest BCUT2D eigenvalue weighted by Gasteiger charge is 2.28. The van der Waals surface area contributed by atoms with Crippen LogP contribution < -0.4 is 0 Å². The highest BCUT2D eigenvalue weighted by molar-refractivity contribution is 5.47. The van der Waals surface area contributed by atoms with Crippen LogP contribution in [0.3, 0.4) is 0 Å². The van der Waals surface area contributed by atoms with Crippen LogP contribution in [-0.2, 0) is 4.79 Å². The molecule has 0 bridgehead atoms. The minimum atomic E-state index is -2.27. The third-order valence-corrected chi connectivity index (χ3v) is 1.76. The lowest BCUT2D eigenvalue weighted by Crippen LogP contribution is -2.20. The van der Waals surface area contributed by atoms with Gasteiger partial charge in [-0.3, -0.25) is 4.79 Å². The molecule has 0 aromatic heterocycles. The third kappa shape index (κ3) is 1.43. The summed E-state index contributed by atoms with van der Waals surface area (Å²) in [6.45, 7) is 0.708. The predicted molar refractivity (Wildman–Crippen MR) is 31.7 cm³/mol. The van der Waals surface area contributed by atoms with Gasteiger partial charge >= 0.3 is 0 Å². The van der Waals surface area contributed by atoms with Crippen molar-refractivity contribution in [3.8, 4) is 0 Å². The fourth-order valence-corrected chi connectivity index (χ4v) is 1.12. The van der Waals surface area contributed by atoms with Gasteiger partial charge in [-0.25, -0.2) is 8.78 Å². The van der Waals surface area contributed by atoms with E-state index in [9.17, 15) is 13.6 Å². The smallest absolute Gasteiger partial charge is 0.243 e. The summed E-state index contributed by atoms with van der Waals surface area (Å²) >= 11 is 0. The second kappa shape index (κ2) is 2.94. The molecule has 58 valence electrons. The number of carbonyl (C=O) groups is 1. The Kier molecular flexibility index (Phi) is 2.19. The summed E-state index contributed by atoms with van der Waals surface area (Å²) in [4.78, 5) is 11.4. The maximum atomic E-state index is 11.9. The molecule has 0 spiro atoms. The number of nitrogens with zero attached hydrogens (tertiary/aromatic N) is 1. The van der Waals surface area contributed by atoms with Crippen LogP contribution in [0.5, 0.6) is 0 Å². The summed E-state index contributed by atoms with van der Waals surface area (Å²) in [6.07, 6.45) is -1.20. The molecule has 0 aromatic rings. The number of carbonyl (C=O) groups excluding carboxylic acids is 1. The summed E-state index contributed by atoms with van der Waals surface area (Å²) in [5.41, 5.74) is 0. The van der Waals surface area contributed by atoms with Gasteiger partial charge in [0.15, 0.2) is 0 Å². The first kappa shape index (κ1) is 7.44. The van der Waals surface area contributed by atoms with Crippen molar-refractivity contribution in [3.63, 3.8) is 0 Å². The summed E-state index contributed by atoms with van der Waals surface area (Å²) < 4.78 is 23.8. The van der Waals surface area contributed by atoms with Gasteiger partial charge in [-0.05, 0) is 6.42 Å². The predicted octanol–water partition coefficient (Wildman–Crippen LogP) is 0.730. The van der Waals surface area contributed by atoms with Crippen molar-refractivity contribution in [3.05, 3.63) is 0 Å². The first-order chi connectivity index (χ1) is 4.74. The van der Waals surface area contributed by atoms with Crippen LogP contribution in [0.1, 0.15) is 6.42 Å². The summed E-state index contributed by atoms with van der Waals surface area (Å²) in [5, 5.41) is 0. The van der Waals surface area contributed by atoms with Crippen LogP contribution in [-0.4, -0.2) is 30.8 Å². The lowest BCUT2D eigenvalue weighted by molar-refractivity contribution is -0.117. The fourth-order valence-electron chi connectivity index (χ4n) is 1.12. The minimum Gasteiger partial charge on any atom is -0.345 e. The molecule has 0 radical (unpaired) electrons. The van der Waals surface area contributed by atoms with Gasteiger partial charge in [0.1, 0.15) is 0 Å². The SMILES string of the molecule is O=CN1CCC(C(F)F)C1. The number of hydrogen-bond donors (Lipinski definition) is 0. The Morgan fingerprint density at radius 3 is 2.60 bits per heavy atom. The molecule has 2 nitrogen and oxygen atoms in total. The molecule has 1 amide bonds. The summed E-state index contributed by atoms with van der Waals surface area (Å²) in [7, 11) is 0. The fraction of sp³-hybridized carbons (Fsp3) is 0.833. The quantitative estimate of drug-likeness (QED) is 0.530. The zero-order valence-electron chi connectivity index (χ0n) is 5.46. The molecule has 0 aromatic carbocycles. The molecule has 1 unspecified atom stereocenters. The molecule has 0 aliphatic carbocycles. The van der Waals surface area contributed by atoms with Crippen LogP contribution >= 0.6 is 0 Å². The average molecular weight is 149 g/mol. The van der Waals surface area contributed by atoms with Gasteiger partial charge in [-0.1, -0.05) is 0 Å². The van der Waals surface area contributed by atoms with Gasteiger partial charge in [0.25, 0.3) is 0 Å². The number of amides is 1. The normalized spacial score (nSPS) is 25.9. The maximum absolute atomic E-state index is 11.9. The minimum absolute atomic E-state index is 0.223. The van der Waals surface area contributed by atoms with E-state index in [0.717, 1.165) is 0 Å². The Balaban J connectivity index is 2.35. The molecule has 1 aliphatic rings. The number of halogens is 2. The standard InChI is InChI=1S/C6H9F2NO/c7-6(8)5-1-2-9(3-5)4-10/h4-6H,1-3H2. The summed E-state index contributed by atoms with van der Waals surface area (Å²) in [5.74, 6) is -0.592. The maximum Gasteiger partial charge on any atom is 0.243 e. The van der Waals surface area contributed by atoms with Gasteiger partial charge in [0, 0.05) is 19.0 Å². The van der Waals surface area contributed by atoms with E-state index in [1.165, 1.54) is 4.90 Å². The van der Waals surface area contributed by atoms with E-state index in [-0.39, 0.29) is 6.54 Å². The first-order valence-electron chi connectivity index (χ1n) is 3.21. The van der Waals surface area contributed by atoms with E-state index in [2.05, 4.69) is 0 Å². The number of hydrogen-bond acceptors (Lipinski definition) is 1. The van der Waals surface area contributed by atoms with Crippen molar-refractivity contribution in [2.45, 2.75) is 12.8 Å². The van der Waals surface area contributed by atoms with Crippen LogP contribution in [0.15, 0.2) is 0 Å². The van der Waals surface area contributed by atoms with Gasteiger partial charge in [0.2, 0.25) is 12.8 Å². The molecular formula is C6H9F2NO. The van der Waals surface area contributed by atoms with E-state index in [0.29, 0.717) is 19.4 Å². The van der Waals surface area contributed by atoms with Crippen LogP contribution in [0, 0.1) is 5.92 Å². The molecular weight excluding hydrogens is 140 g/mol. The topological polar surface area (TPSA) is 20.3 Å². The van der Waals surface area contributed by atoms with Crippen molar-refractivity contribution in [1.82, 2.24) is 4.90 Å². The largest absolute Gasteiger partial charge is 0.345 e. The third-order valence-electron chi connectivity index (χ3n) is 1.76. The van der Waals surface area contributed by atoms with E-state index in [1.807, 2.05) is 0 Å². The first-order valence-corrected chi connectivity index (χ1v) is 3.21. The monoisotopic (exact) mass is 149 g/mol. The summed E-state index contributed by atoms with van der Waals surface area (Å²) in [6, 6.07) is 0. The molecule has 4 heteroatoms. The molecule has 0 N–H and O–H groups in total. The molecule has 1 fully saturated rings. The Morgan fingerprint density at radius 1 is 1.60 bits per heavy atom. The van der Waals surface area contributed by atoms with Crippen molar-refractivity contribution in [2.24, 2.45) is 5.92 Å². The van der Waals surface area contributed by atoms with Gasteiger partial charge in [-0.2, -0.15) is 0 Å². The zero-order chi connectivity index (χ0) is 7.56. The molecule has 1 atom stereocenters. The van der Waals surface area contributed by atoms with E-state index in [4.69, 9.17) is 0 Å². The molecule has 10 heavy (non-hydrogen) atoms. The number of alkyl halides is 2. The average Bonchev–Trinajstić information content (AvgIpc) is 2.34. The van der Waals surface area contributed by atoms with E-state index >= 15 is 0 Å². The highest BCUT2D eigenvalue weighted by atomic mass is 19.3. The highest BCUT2D eigenvalue weighted by Crippen LogP contribution is 2.21. The second-order valence-electron chi connectivity index (χ2n) is 2.48. The molecule has 1 rings (SSSR count). The Morgan fingerprint density at radius 2 is 2.30 bits per heavy atom. The van der Waals surface area contributed by atoms with Crippen LogP contribution in [0.4, 0.5) is 8.78 Å². The van der Waals surface area contributed by atoms with Gasteiger partial charge < -0.3 is 4.90 Å². The molecule has 1 aliphatic heterocycles. The van der Waals surface area contributed by atoms with E-state index < -0.39 is 12.3 Å². The van der Waals surface area contributed by atoms with Crippen molar-refractivity contribution < 1.29 is 13.6 Å². The lowest BCUT2D eigenvalue weighted by atomic mass is 10.1. The Labute approximate surface area is 57.8 Å². The Hall–Kier alpha value is -0.670. The van der Waals surface area contributed by atoms with Crippen molar-refractivity contribution >= 4 is 6.41 Å². The lowest BCUT2D eigenvalue weighted by Gasteiger charge is -2.08.